The van der Waals surface area contributed by atoms with Gasteiger partial charge in [0, 0.05) is 12.3 Å². The SMILES string of the molecule is C#CCCC[C@H](NC(=O)C(C)C)C(=O)OC. The van der Waals surface area contributed by atoms with Gasteiger partial charge in [0.05, 0.1) is 7.11 Å². The zero-order chi connectivity index (χ0) is 12.6. The van der Waals surface area contributed by atoms with Crippen molar-refractivity contribution in [3.63, 3.8) is 0 Å². The van der Waals surface area contributed by atoms with E-state index in [0.717, 1.165) is 0 Å². The van der Waals surface area contributed by atoms with Crippen molar-refractivity contribution in [1.82, 2.24) is 5.32 Å². The van der Waals surface area contributed by atoms with Crippen LogP contribution in [-0.2, 0) is 14.3 Å². The second-order valence-corrected chi connectivity index (χ2v) is 3.84. The maximum Gasteiger partial charge on any atom is 0.328 e. The molecule has 1 atom stereocenters. The number of unbranched alkanes of at least 4 members (excludes halogenated alkanes) is 1. The fourth-order valence-corrected chi connectivity index (χ4v) is 1.14. The first-order valence-electron chi connectivity index (χ1n) is 5.34. The summed E-state index contributed by atoms with van der Waals surface area (Å²) in [6, 6.07) is -0.590. The minimum atomic E-state index is -0.590. The second kappa shape index (κ2) is 7.75. The van der Waals surface area contributed by atoms with Crippen LogP contribution in [0, 0.1) is 18.3 Å². The van der Waals surface area contributed by atoms with Crippen LogP contribution < -0.4 is 5.32 Å². The molecule has 0 rings (SSSR count). The highest BCUT2D eigenvalue weighted by Crippen LogP contribution is 2.04. The van der Waals surface area contributed by atoms with Crippen molar-refractivity contribution in [1.29, 1.82) is 0 Å². The predicted molar refractivity (Wildman–Crippen MR) is 61.5 cm³/mol. The van der Waals surface area contributed by atoms with Crippen molar-refractivity contribution < 1.29 is 14.3 Å². The smallest absolute Gasteiger partial charge is 0.328 e. The molecule has 0 aromatic carbocycles. The molecule has 0 heterocycles. The van der Waals surface area contributed by atoms with E-state index in [9.17, 15) is 9.59 Å². The number of nitrogens with one attached hydrogen (secondary N) is 1. The van der Waals surface area contributed by atoms with E-state index >= 15 is 0 Å². The molecule has 0 saturated heterocycles. The highest BCUT2D eigenvalue weighted by Gasteiger charge is 2.21. The van der Waals surface area contributed by atoms with E-state index in [1.54, 1.807) is 13.8 Å². The third-order valence-electron chi connectivity index (χ3n) is 2.14. The molecule has 0 aliphatic rings. The van der Waals surface area contributed by atoms with E-state index in [4.69, 9.17) is 6.42 Å². The number of amides is 1. The quantitative estimate of drug-likeness (QED) is 0.418. The molecule has 0 unspecified atom stereocenters. The van der Waals surface area contributed by atoms with Gasteiger partial charge in [0.2, 0.25) is 5.91 Å². The van der Waals surface area contributed by atoms with E-state index in [0.29, 0.717) is 19.3 Å². The summed E-state index contributed by atoms with van der Waals surface area (Å²) >= 11 is 0. The van der Waals surface area contributed by atoms with Crippen molar-refractivity contribution in [2.75, 3.05) is 7.11 Å². The number of hydrogen-bond donors (Lipinski definition) is 1. The molecule has 1 N–H and O–H groups in total. The molecule has 0 aromatic rings. The second-order valence-electron chi connectivity index (χ2n) is 3.84. The third kappa shape index (κ3) is 5.40. The van der Waals surface area contributed by atoms with Crippen molar-refractivity contribution >= 4 is 11.9 Å². The topological polar surface area (TPSA) is 55.4 Å². The maximum absolute atomic E-state index is 11.4. The largest absolute Gasteiger partial charge is 0.467 e. The number of carbonyl (C=O) groups excluding carboxylic acids is 2. The molecule has 0 fully saturated rings. The molecule has 16 heavy (non-hydrogen) atoms. The van der Waals surface area contributed by atoms with Gasteiger partial charge in [0.15, 0.2) is 0 Å². The summed E-state index contributed by atoms with van der Waals surface area (Å²) in [5, 5.41) is 2.64. The lowest BCUT2D eigenvalue weighted by atomic mass is 10.1. The summed E-state index contributed by atoms with van der Waals surface area (Å²) in [4.78, 5) is 22.8. The van der Waals surface area contributed by atoms with Gasteiger partial charge in [-0.05, 0) is 12.8 Å². The monoisotopic (exact) mass is 225 g/mol. The molecular formula is C12H19NO3. The Balaban J connectivity index is 4.27. The van der Waals surface area contributed by atoms with Crippen LogP contribution in [0.5, 0.6) is 0 Å². The van der Waals surface area contributed by atoms with Gasteiger partial charge in [-0.3, -0.25) is 4.79 Å². The molecule has 0 aliphatic carbocycles. The van der Waals surface area contributed by atoms with Crippen LogP contribution in [0.25, 0.3) is 0 Å². The molecule has 4 nitrogen and oxygen atoms in total. The van der Waals surface area contributed by atoms with Crippen LogP contribution in [0.4, 0.5) is 0 Å². The number of esters is 1. The number of hydrogen-bond acceptors (Lipinski definition) is 3. The fourth-order valence-electron chi connectivity index (χ4n) is 1.14. The average Bonchev–Trinajstić information content (AvgIpc) is 2.26. The Morgan fingerprint density at radius 3 is 2.50 bits per heavy atom. The van der Waals surface area contributed by atoms with E-state index in [2.05, 4.69) is 16.0 Å². The summed E-state index contributed by atoms with van der Waals surface area (Å²) in [6.45, 7) is 3.54. The van der Waals surface area contributed by atoms with Crippen LogP contribution in [0.3, 0.4) is 0 Å². The molecule has 0 radical (unpaired) electrons. The molecule has 0 spiro atoms. The first-order chi connectivity index (χ1) is 7.52. The summed E-state index contributed by atoms with van der Waals surface area (Å²) in [5.41, 5.74) is 0. The Kier molecular flexibility index (Phi) is 7.02. The molecule has 4 heteroatoms. The normalized spacial score (nSPS) is 11.7. The van der Waals surface area contributed by atoms with Gasteiger partial charge in [0.1, 0.15) is 6.04 Å². The summed E-state index contributed by atoms with van der Waals surface area (Å²) < 4.78 is 4.62. The molecular weight excluding hydrogens is 206 g/mol. The van der Waals surface area contributed by atoms with Crippen molar-refractivity contribution in [3.8, 4) is 12.3 Å². The van der Waals surface area contributed by atoms with E-state index < -0.39 is 12.0 Å². The van der Waals surface area contributed by atoms with Gasteiger partial charge in [-0.15, -0.1) is 12.3 Å². The van der Waals surface area contributed by atoms with E-state index in [-0.39, 0.29) is 11.8 Å². The van der Waals surface area contributed by atoms with Gasteiger partial charge in [-0.1, -0.05) is 13.8 Å². The number of rotatable bonds is 6. The standard InChI is InChI=1S/C12H19NO3/c1-5-6-7-8-10(12(15)16-4)13-11(14)9(2)3/h1,9-10H,6-8H2,2-4H3,(H,13,14)/t10-/m0/s1. The van der Waals surface area contributed by atoms with Crippen LogP contribution in [0.1, 0.15) is 33.1 Å². The zero-order valence-corrected chi connectivity index (χ0v) is 10.1. The van der Waals surface area contributed by atoms with Gasteiger partial charge >= 0.3 is 5.97 Å². The predicted octanol–water partition coefficient (Wildman–Crippen LogP) is 1.10. The Labute approximate surface area is 96.7 Å². The van der Waals surface area contributed by atoms with Crippen molar-refractivity contribution in [2.45, 2.75) is 39.2 Å². The molecule has 0 saturated carbocycles. The fraction of sp³-hybridized carbons (Fsp3) is 0.667. The Hall–Kier alpha value is -1.50. The summed E-state index contributed by atoms with van der Waals surface area (Å²) in [7, 11) is 1.30. The Bertz CT molecular complexity index is 278. The van der Waals surface area contributed by atoms with Gasteiger partial charge < -0.3 is 10.1 Å². The van der Waals surface area contributed by atoms with Gasteiger partial charge in [0.25, 0.3) is 0 Å². The zero-order valence-electron chi connectivity index (χ0n) is 10.1. The van der Waals surface area contributed by atoms with Crippen LogP contribution in [0.2, 0.25) is 0 Å². The molecule has 0 aliphatic heterocycles. The minimum absolute atomic E-state index is 0.153. The van der Waals surface area contributed by atoms with Crippen molar-refractivity contribution in [3.05, 3.63) is 0 Å². The summed E-state index contributed by atoms with van der Waals surface area (Å²) in [5.74, 6) is 1.76. The lowest BCUT2D eigenvalue weighted by Gasteiger charge is -2.17. The summed E-state index contributed by atoms with van der Waals surface area (Å²) in [6.07, 6.45) is 6.91. The lowest BCUT2D eigenvalue weighted by Crippen LogP contribution is -2.43. The lowest BCUT2D eigenvalue weighted by molar-refractivity contribution is -0.145. The van der Waals surface area contributed by atoms with Crippen molar-refractivity contribution in [2.24, 2.45) is 5.92 Å². The Morgan fingerprint density at radius 2 is 2.06 bits per heavy atom. The Morgan fingerprint density at radius 1 is 1.44 bits per heavy atom. The highest BCUT2D eigenvalue weighted by molar-refractivity contribution is 5.85. The van der Waals surface area contributed by atoms with Gasteiger partial charge in [-0.2, -0.15) is 0 Å². The number of terminal acetylenes is 1. The average molecular weight is 225 g/mol. The first kappa shape index (κ1) is 14.5. The van der Waals surface area contributed by atoms with Gasteiger partial charge in [-0.25, -0.2) is 4.79 Å². The van der Waals surface area contributed by atoms with E-state index in [1.165, 1.54) is 7.11 Å². The highest BCUT2D eigenvalue weighted by atomic mass is 16.5. The minimum Gasteiger partial charge on any atom is -0.467 e. The number of carbonyl (C=O) groups is 2. The van der Waals surface area contributed by atoms with Crippen LogP contribution >= 0.6 is 0 Å². The third-order valence-corrected chi connectivity index (χ3v) is 2.14. The molecule has 0 aromatic heterocycles. The van der Waals surface area contributed by atoms with Crippen LogP contribution in [-0.4, -0.2) is 25.0 Å². The number of methoxy groups -OCH3 is 1. The maximum atomic E-state index is 11.4. The van der Waals surface area contributed by atoms with E-state index in [1.807, 2.05) is 0 Å². The molecule has 90 valence electrons. The molecule has 1 amide bonds. The number of ether oxygens (including phenoxy) is 1. The van der Waals surface area contributed by atoms with Crippen LogP contribution in [0.15, 0.2) is 0 Å². The first-order valence-corrected chi connectivity index (χ1v) is 5.34. The molecule has 0 bridgehead atoms.